The molecule has 3 aliphatic heterocycles. The first-order chi connectivity index (χ1) is 15.9. The summed E-state index contributed by atoms with van der Waals surface area (Å²) in [5, 5.41) is 3.24. The summed E-state index contributed by atoms with van der Waals surface area (Å²) in [6.07, 6.45) is 6.66. The molecule has 1 N–H and O–H groups in total. The average molecular weight is 447 g/mol. The second-order valence-corrected chi connectivity index (χ2v) is 11.0. The molecule has 4 nitrogen and oxygen atoms in total. The fourth-order valence-electron chi connectivity index (χ4n) is 6.09. The number of ether oxygens (including phenoxy) is 1. The van der Waals surface area contributed by atoms with Crippen molar-refractivity contribution in [3.8, 4) is 11.1 Å². The zero-order chi connectivity index (χ0) is 23.0. The fraction of sp³-hybridized carbons (Fsp3) is 0.552. The van der Waals surface area contributed by atoms with Gasteiger partial charge in [-0.1, -0.05) is 69.7 Å². The lowest BCUT2D eigenvalue weighted by atomic mass is 9.85. The number of hydrogen-bond donors (Lipinski definition) is 1. The molecule has 1 aliphatic carbocycles. The van der Waals surface area contributed by atoms with Gasteiger partial charge in [-0.25, -0.2) is 4.79 Å². The fourth-order valence-corrected chi connectivity index (χ4v) is 6.09. The van der Waals surface area contributed by atoms with Gasteiger partial charge in [0.1, 0.15) is 6.10 Å². The van der Waals surface area contributed by atoms with E-state index in [1.54, 1.807) is 0 Å². The van der Waals surface area contributed by atoms with Crippen LogP contribution in [0.15, 0.2) is 42.5 Å². The molecule has 0 aromatic heterocycles. The van der Waals surface area contributed by atoms with Crippen molar-refractivity contribution in [1.82, 2.24) is 10.2 Å². The molecular formula is C29H38N2O2. The molecule has 3 saturated heterocycles. The number of amides is 1. The predicted molar refractivity (Wildman–Crippen MR) is 133 cm³/mol. The van der Waals surface area contributed by atoms with Crippen molar-refractivity contribution >= 4 is 6.09 Å². The van der Waals surface area contributed by atoms with Crippen LogP contribution in [0, 0.1) is 11.3 Å². The van der Waals surface area contributed by atoms with Crippen molar-refractivity contribution in [2.75, 3.05) is 19.6 Å². The van der Waals surface area contributed by atoms with E-state index in [2.05, 4.69) is 73.5 Å². The Balaban J connectivity index is 1.28. The van der Waals surface area contributed by atoms with E-state index in [-0.39, 0.29) is 23.7 Å². The maximum Gasteiger partial charge on any atom is 0.407 e. The Morgan fingerprint density at radius 3 is 2.48 bits per heavy atom. The van der Waals surface area contributed by atoms with Crippen molar-refractivity contribution in [2.24, 2.45) is 11.3 Å². The van der Waals surface area contributed by atoms with E-state index < -0.39 is 0 Å². The van der Waals surface area contributed by atoms with Gasteiger partial charge in [-0.15, -0.1) is 0 Å². The number of unbranched alkanes of at least 4 members (excludes halogenated alkanes) is 1. The van der Waals surface area contributed by atoms with Crippen LogP contribution in [0.2, 0.25) is 0 Å². The van der Waals surface area contributed by atoms with Gasteiger partial charge in [0.15, 0.2) is 0 Å². The van der Waals surface area contributed by atoms with Crippen LogP contribution in [-0.2, 0) is 17.6 Å². The Morgan fingerprint density at radius 2 is 1.82 bits per heavy atom. The summed E-state index contributed by atoms with van der Waals surface area (Å²) in [5.74, 6) is 0.528. The van der Waals surface area contributed by atoms with Crippen LogP contribution in [0.3, 0.4) is 0 Å². The monoisotopic (exact) mass is 446 g/mol. The van der Waals surface area contributed by atoms with E-state index in [9.17, 15) is 4.79 Å². The molecule has 0 unspecified atom stereocenters. The first kappa shape index (κ1) is 22.5. The van der Waals surface area contributed by atoms with Gasteiger partial charge in [-0.3, -0.25) is 4.90 Å². The Morgan fingerprint density at radius 1 is 1.09 bits per heavy atom. The predicted octanol–water partition coefficient (Wildman–Crippen LogP) is 6.14. The molecule has 2 aromatic rings. The smallest absolute Gasteiger partial charge is 0.407 e. The summed E-state index contributed by atoms with van der Waals surface area (Å²) in [6, 6.07) is 15.7. The molecule has 4 aliphatic rings. The lowest BCUT2D eigenvalue weighted by Crippen LogP contribution is -2.53. The summed E-state index contributed by atoms with van der Waals surface area (Å²) >= 11 is 0. The molecule has 3 heterocycles. The van der Waals surface area contributed by atoms with Gasteiger partial charge >= 0.3 is 6.09 Å². The zero-order valence-corrected chi connectivity index (χ0v) is 20.4. The molecule has 0 radical (unpaired) electrons. The van der Waals surface area contributed by atoms with Gasteiger partial charge in [0.25, 0.3) is 0 Å². The number of aryl methyl sites for hydroxylation is 1. The van der Waals surface area contributed by atoms with Gasteiger partial charge < -0.3 is 10.1 Å². The summed E-state index contributed by atoms with van der Waals surface area (Å²) in [7, 11) is 0. The molecule has 2 aromatic carbocycles. The van der Waals surface area contributed by atoms with Crippen molar-refractivity contribution in [3.63, 3.8) is 0 Å². The van der Waals surface area contributed by atoms with Crippen LogP contribution in [-0.4, -0.2) is 36.7 Å². The number of carbonyl (C=O) groups excluding carboxylic acids is 1. The molecule has 6 rings (SSSR count). The van der Waals surface area contributed by atoms with Crippen LogP contribution in [0.5, 0.6) is 0 Å². The van der Waals surface area contributed by atoms with Gasteiger partial charge in [0.05, 0.1) is 6.04 Å². The van der Waals surface area contributed by atoms with Crippen LogP contribution in [0.25, 0.3) is 11.1 Å². The largest absolute Gasteiger partial charge is 0.445 e. The van der Waals surface area contributed by atoms with E-state index in [0.717, 1.165) is 45.3 Å². The molecule has 2 atom stereocenters. The Hall–Kier alpha value is -2.33. The maximum atomic E-state index is 12.9. The van der Waals surface area contributed by atoms with Gasteiger partial charge in [-0.05, 0) is 84.3 Å². The highest BCUT2D eigenvalue weighted by molar-refractivity contribution is 5.70. The van der Waals surface area contributed by atoms with E-state index in [1.165, 1.54) is 40.7 Å². The van der Waals surface area contributed by atoms with E-state index in [1.807, 2.05) is 0 Å². The third-order valence-electron chi connectivity index (χ3n) is 8.10. The van der Waals surface area contributed by atoms with E-state index >= 15 is 0 Å². The Labute approximate surface area is 198 Å². The average Bonchev–Trinajstić information content (AvgIpc) is 3.07. The minimum absolute atomic E-state index is 0.0217. The first-order valence-corrected chi connectivity index (χ1v) is 12.8. The number of fused-ring (bicyclic) bond motifs is 4. The van der Waals surface area contributed by atoms with Crippen LogP contribution in [0.4, 0.5) is 4.79 Å². The number of nitrogens with zero attached hydrogens (tertiary/aromatic N) is 1. The quantitative estimate of drug-likeness (QED) is 0.579. The molecule has 4 heteroatoms. The molecule has 3 fully saturated rings. The lowest BCUT2D eigenvalue weighted by Gasteiger charge is -2.44. The normalized spacial score (nSPS) is 27.2. The third-order valence-corrected chi connectivity index (χ3v) is 8.10. The van der Waals surface area contributed by atoms with Crippen molar-refractivity contribution in [3.05, 3.63) is 59.2 Å². The number of alkyl carbamates (subject to hydrolysis) is 1. The second-order valence-electron chi connectivity index (χ2n) is 11.0. The molecule has 2 bridgehead atoms. The third kappa shape index (κ3) is 4.68. The highest BCUT2D eigenvalue weighted by Gasteiger charge is 2.42. The van der Waals surface area contributed by atoms with Gasteiger partial charge in [0.2, 0.25) is 0 Å². The SMILES string of the molecule is CCCCc1ccc(-c2ccc3c(c2)CC(C)(C)[C@H]3NC(=O)O[C@@H]2CN3CCC2CC3)cc1. The van der Waals surface area contributed by atoms with Crippen LogP contribution in [0.1, 0.15) is 69.2 Å². The topological polar surface area (TPSA) is 41.6 Å². The second kappa shape index (κ2) is 9.13. The van der Waals surface area contributed by atoms with Gasteiger partial charge in [0, 0.05) is 6.54 Å². The lowest BCUT2D eigenvalue weighted by molar-refractivity contribution is -0.0348. The number of carbonyl (C=O) groups is 1. The molecule has 0 saturated carbocycles. The number of piperidine rings is 3. The molecule has 0 spiro atoms. The minimum Gasteiger partial charge on any atom is -0.445 e. The minimum atomic E-state index is -0.258. The summed E-state index contributed by atoms with van der Waals surface area (Å²) < 4.78 is 5.94. The summed E-state index contributed by atoms with van der Waals surface area (Å²) in [6.45, 7) is 9.92. The molecular weight excluding hydrogens is 408 g/mol. The van der Waals surface area contributed by atoms with Gasteiger partial charge in [-0.2, -0.15) is 0 Å². The number of benzene rings is 2. The highest BCUT2D eigenvalue weighted by Crippen LogP contribution is 2.46. The number of rotatable bonds is 6. The van der Waals surface area contributed by atoms with Crippen LogP contribution < -0.4 is 5.32 Å². The molecule has 1 amide bonds. The standard InChI is InChI=1S/C29H38N2O2/c1-4-5-6-20-7-9-21(10-8-20)23-11-12-25-24(17-23)18-29(2,3)27(25)30-28(32)33-26-19-31-15-13-22(26)14-16-31/h7-12,17,22,26-27H,4-6,13-16,18-19H2,1-3H3,(H,30,32)/t26-,27+/m1/s1. The molecule has 33 heavy (non-hydrogen) atoms. The van der Waals surface area contributed by atoms with E-state index in [0.29, 0.717) is 5.92 Å². The zero-order valence-electron chi connectivity index (χ0n) is 20.4. The Kier molecular flexibility index (Phi) is 6.22. The maximum absolute atomic E-state index is 12.9. The number of hydrogen-bond acceptors (Lipinski definition) is 3. The highest BCUT2D eigenvalue weighted by atomic mass is 16.6. The molecule has 176 valence electrons. The Bertz CT molecular complexity index is 989. The van der Waals surface area contributed by atoms with Crippen molar-refractivity contribution < 1.29 is 9.53 Å². The summed E-state index contributed by atoms with van der Waals surface area (Å²) in [4.78, 5) is 15.3. The first-order valence-electron chi connectivity index (χ1n) is 12.8. The van der Waals surface area contributed by atoms with Crippen molar-refractivity contribution in [2.45, 2.75) is 71.4 Å². The summed E-state index contributed by atoms with van der Waals surface area (Å²) in [5.41, 5.74) is 6.44. The van der Waals surface area contributed by atoms with Crippen LogP contribution >= 0.6 is 0 Å². The number of nitrogens with one attached hydrogen (secondary N) is 1. The van der Waals surface area contributed by atoms with E-state index in [4.69, 9.17) is 4.74 Å². The van der Waals surface area contributed by atoms with Crippen molar-refractivity contribution in [1.29, 1.82) is 0 Å².